The second-order valence-electron chi connectivity index (χ2n) is 8.67. The molecule has 3 N–H and O–H groups in total. The lowest BCUT2D eigenvalue weighted by Gasteiger charge is -2.25. The first kappa shape index (κ1) is 25.3. The Morgan fingerprint density at radius 1 is 0.889 bits per heavy atom. The van der Waals surface area contributed by atoms with Crippen LogP contribution in [0.15, 0.2) is 84.9 Å². The molecular formula is C29H28F2N2O3. The highest BCUT2D eigenvalue weighted by Crippen LogP contribution is 2.17. The van der Waals surface area contributed by atoms with Gasteiger partial charge in [-0.3, -0.25) is 4.79 Å². The summed E-state index contributed by atoms with van der Waals surface area (Å²) in [6, 6.07) is 23.0. The Labute approximate surface area is 208 Å². The minimum absolute atomic E-state index is 0.0516. The van der Waals surface area contributed by atoms with Crippen molar-refractivity contribution >= 4 is 16.7 Å². The Balaban J connectivity index is 1.48. The highest BCUT2D eigenvalue weighted by molar-refractivity contribution is 5.98. The number of carbonyl (C=O) groups is 1. The van der Waals surface area contributed by atoms with Gasteiger partial charge in [-0.25, -0.2) is 8.78 Å². The fourth-order valence-electron chi connectivity index (χ4n) is 4.14. The predicted octanol–water partition coefficient (Wildman–Crippen LogP) is 4.62. The number of hydrogen-bond donors (Lipinski definition) is 3. The van der Waals surface area contributed by atoms with E-state index in [1.54, 1.807) is 19.2 Å². The van der Waals surface area contributed by atoms with E-state index in [2.05, 4.69) is 10.6 Å². The molecule has 0 radical (unpaired) electrons. The van der Waals surface area contributed by atoms with Gasteiger partial charge in [0.2, 0.25) is 0 Å². The molecule has 0 saturated heterocycles. The SMILES string of the molecule is COc1cccc(CNCC(O)C(Cc2cc(F)cc(F)c2)NC(=O)c2ccc3ccccc3c2)c1. The first-order chi connectivity index (χ1) is 17.4. The number of amides is 1. The van der Waals surface area contributed by atoms with Gasteiger partial charge >= 0.3 is 0 Å². The molecule has 186 valence electrons. The number of fused-ring (bicyclic) bond motifs is 1. The molecule has 0 bridgehead atoms. The monoisotopic (exact) mass is 490 g/mol. The minimum atomic E-state index is -1.02. The molecule has 0 heterocycles. The van der Waals surface area contributed by atoms with E-state index < -0.39 is 23.8 Å². The van der Waals surface area contributed by atoms with Crippen LogP contribution in [0, 0.1) is 11.6 Å². The second-order valence-corrected chi connectivity index (χ2v) is 8.67. The molecule has 0 aliphatic heterocycles. The van der Waals surface area contributed by atoms with Gasteiger partial charge in [-0.1, -0.05) is 42.5 Å². The van der Waals surface area contributed by atoms with E-state index in [1.807, 2.05) is 54.6 Å². The molecule has 7 heteroatoms. The van der Waals surface area contributed by atoms with Crippen molar-refractivity contribution in [1.82, 2.24) is 10.6 Å². The molecule has 0 aliphatic rings. The molecule has 1 amide bonds. The van der Waals surface area contributed by atoms with Crippen LogP contribution in [0.25, 0.3) is 10.8 Å². The Bertz CT molecular complexity index is 1320. The van der Waals surface area contributed by atoms with Gasteiger partial charge in [0.05, 0.1) is 19.3 Å². The molecule has 0 saturated carbocycles. The van der Waals surface area contributed by atoms with E-state index in [9.17, 15) is 18.7 Å². The maximum atomic E-state index is 13.8. The topological polar surface area (TPSA) is 70.6 Å². The van der Waals surface area contributed by atoms with Crippen LogP contribution >= 0.6 is 0 Å². The van der Waals surface area contributed by atoms with E-state index in [0.29, 0.717) is 17.7 Å². The van der Waals surface area contributed by atoms with Crippen LogP contribution in [-0.4, -0.2) is 36.8 Å². The molecule has 36 heavy (non-hydrogen) atoms. The maximum absolute atomic E-state index is 13.8. The second kappa shape index (κ2) is 11.7. The summed E-state index contributed by atoms with van der Waals surface area (Å²) in [6.07, 6.45) is -0.970. The normalized spacial score (nSPS) is 12.8. The molecule has 0 spiro atoms. The number of rotatable bonds is 10. The quantitative estimate of drug-likeness (QED) is 0.304. The number of aliphatic hydroxyl groups is 1. The third kappa shape index (κ3) is 6.65. The van der Waals surface area contributed by atoms with E-state index >= 15 is 0 Å². The zero-order valence-corrected chi connectivity index (χ0v) is 19.9. The fraction of sp³-hybridized carbons (Fsp3) is 0.207. The molecule has 5 nitrogen and oxygen atoms in total. The number of hydrogen-bond acceptors (Lipinski definition) is 4. The number of methoxy groups -OCH3 is 1. The molecule has 4 rings (SSSR count). The molecule has 4 aromatic rings. The van der Waals surface area contributed by atoms with Gasteiger partial charge in [0, 0.05) is 24.7 Å². The third-order valence-electron chi connectivity index (χ3n) is 5.99. The third-order valence-corrected chi connectivity index (χ3v) is 5.99. The van der Waals surface area contributed by atoms with Gasteiger partial charge < -0.3 is 20.5 Å². The molecule has 0 fully saturated rings. The standard InChI is InChI=1S/C29H28F2N2O3/c1-36-26-8-4-5-19(13-26)17-32-18-28(34)27(14-20-11-24(30)16-25(31)12-20)33-29(35)23-10-9-21-6-2-3-7-22(21)15-23/h2-13,15-16,27-28,32,34H,14,17-18H2,1H3,(H,33,35). The van der Waals surface area contributed by atoms with E-state index in [1.165, 1.54) is 12.1 Å². The van der Waals surface area contributed by atoms with E-state index in [0.717, 1.165) is 28.2 Å². The van der Waals surface area contributed by atoms with Crippen molar-refractivity contribution in [3.8, 4) is 5.75 Å². The van der Waals surface area contributed by atoms with Crippen molar-refractivity contribution in [2.45, 2.75) is 25.1 Å². The van der Waals surface area contributed by atoms with Crippen LogP contribution in [0.5, 0.6) is 5.75 Å². The van der Waals surface area contributed by atoms with Crippen LogP contribution in [0.4, 0.5) is 8.78 Å². The Morgan fingerprint density at radius 2 is 1.64 bits per heavy atom. The zero-order chi connectivity index (χ0) is 25.5. The Morgan fingerprint density at radius 3 is 2.39 bits per heavy atom. The summed E-state index contributed by atoms with van der Waals surface area (Å²) in [6.45, 7) is 0.617. The van der Waals surface area contributed by atoms with E-state index in [4.69, 9.17) is 4.74 Å². The fourth-order valence-corrected chi connectivity index (χ4v) is 4.14. The van der Waals surface area contributed by atoms with Gasteiger partial charge in [-0.05, 0) is 64.7 Å². The first-order valence-electron chi connectivity index (χ1n) is 11.7. The smallest absolute Gasteiger partial charge is 0.251 e. The van der Waals surface area contributed by atoms with E-state index in [-0.39, 0.29) is 18.9 Å². The van der Waals surface area contributed by atoms with Crippen molar-refractivity contribution in [3.63, 3.8) is 0 Å². The first-order valence-corrected chi connectivity index (χ1v) is 11.7. The van der Waals surface area contributed by atoms with Crippen molar-refractivity contribution < 1.29 is 23.4 Å². The minimum Gasteiger partial charge on any atom is -0.497 e. The summed E-state index contributed by atoms with van der Waals surface area (Å²) in [5, 5.41) is 18.9. The lowest BCUT2D eigenvalue weighted by Crippen LogP contribution is -2.48. The number of aliphatic hydroxyl groups excluding tert-OH is 1. The summed E-state index contributed by atoms with van der Waals surface area (Å²) < 4.78 is 32.8. The lowest BCUT2D eigenvalue weighted by molar-refractivity contribution is 0.0830. The van der Waals surface area contributed by atoms with Crippen LogP contribution in [-0.2, 0) is 13.0 Å². The average molecular weight is 491 g/mol. The van der Waals surface area contributed by atoms with Crippen LogP contribution in [0.2, 0.25) is 0 Å². The summed E-state index contributed by atoms with van der Waals surface area (Å²) >= 11 is 0. The van der Waals surface area contributed by atoms with Crippen LogP contribution < -0.4 is 15.4 Å². The zero-order valence-electron chi connectivity index (χ0n) is 19.9. The van der Waals surface area contributed by atoms with Crippen LogP contribution in [0.3, 0.4) is 0 Å². The van der Waals surface area contributed by atoms with Crippen molar-refractivity contribution in [3.05, 3.63) is 113 Å². The predicted molar refractivity (Wildman–Crippen MR) is 136 cm³/mol. The summed E-state index contributed by atoms with van der Waals surface area (Å²) in [5.74, 6) is -1.08. The molecule has 0 aromatic heterocycles. The Kier molecular flexibility index (Phi) is 8.25. The van der Waals surface area contributed by atoms with Gasteiger partial charge in [0.15, 0.2) is 0 Å². The number of halogens is 2. The molecule has 4 aromatic carbocycles. The average Bonchev–Trinajstić information content (AvgIpc) is 2.87. The lowest BCUT2D eigenvalue weighted by atomic mass is 9.99. The molecular weight excluding hydrogens is 462 g/mol. The highest BCUT2D eigenvalue weighted by atomic mass is 19.1. The van der Waals surface area contributed by atoms with Crippen molar-refractivity contribution in [2.75, 3.05) is 13.7 Å². The summed E-state index contributed by atoms with van der Waals surface area (Å²) in [5.41, 5.74) is 1.73. The Hall–Kier alpha value is -3.81. The number of nitrogens with one attached hydrogen (secondary N) is 2. The van der Waals surface area contributed by atoms with Crippen molar-refractivity contribution in [2.24, 2.45) is 0 Å². The molecule has 2 atom stereocenters. The van der Waals surface area contributed by atoms with Gasteiger partial charge in [0.1, 0.15) is 17.4 Å². The number of benzene rings is 4. The number of ether oxygens (including phenoxy) is 1. The molecule has 0 aliphatic carbocycles. The summed E-state index contributed by atoms with van der Waals surface area (Å²) in [4.78, 5) is 13.1. The largest absolute Gasteiger partial charge is 0.497 e. The highest BCUT2D eigenvalue weighted by Gasteiger charge is 2.23. The van der Waals surface area contributed by atoms with Gasteiger partial charge in [-0.15, -0.1) is 0 Å². The van der Waals surface area contributed by atoms with Gasteiger partial charge in [-0.2, -0.15) is 0 Å². The van der Waals surface area contributed by atoms with Gasteiger partial charge in [0.25, 0.3) is 5.91 Å². The number of carbonyl (C=O) groups excluding carboxylic acids is 1. The van der Waals surface area contributed by atoms with Crippen molar-refractivity contribution in [1.29, 1.82) is 0 Å². The van der Waals surface area contributed by atoms with Crippen LogP contribution in [0.1, 0.15) is 21.5 Å². The maximum Gasteiger partial charge on any atom is 0.251 e. The summed E-state index contributed by atoms with van der Waals surface area (Å²) in [7, 11) is 1.59. The molecule has 2 unspecified atom stereocenters.